The summed E-state index contributed by atoms with van der Waals surface area (Å²) in [5, 5.41) is 114. The van der Waals surface area contributed by atoms with Gasteiger partial charge in [-0.3, -0.25) is 19.2 Å². The van der Waals surface area contributed by atoms with Crippen molar-refractivity contribution in [2.45, 2.75) is 125 Å². The molecule has 3 amide bonds. The van der Waals surface area contributed by atoms with E-state index in [2.05, 4.69) is 77.1 Å². The van der Waals surface area contributed by atoms with E-state index in [9.17, 15) is 69.6 Å². The monoisotopic (exact) mass is 1990 g/mol. The number of anilines is 6. The third-order valence-electron chi connectivity index (χ3n) is 17.3. The average molecular weight is 1990 g/mol. The molecule has 2 aliphatic rings. The molecule has 6 heterocycles. The number of aliphatic hydroxyl groups excluding tert-OH is 8. The molecule has 12 atom stereocenters. The summed E-state index contributed by atoms with van der Waals surface area (Å²) in [5.74, 6) is -0.562. The van der Waals surface area contributed by atoms with Gasteiger partial charge in [-0.05, 0) is 92.8 Å². The molecule has 45 nitrogen and oxygen atoms in total. The van der Waals surface area contributed by atoms with Crippen molar-refractivity contribution in [3.63, 3.8) is 0 Å². The smallest absolute Gasteiger partial charge is 0.326 e. The zero-order valence-corrected chi connectivity index (χ0v) is 73.8. The zero-order valence-electron chi connectivity index (χ0n) is 68.4. The van der Waals surface area contributed by atoms with Gasteiger partial charge in [0.15, 0.2) is 46.5 Å². The van der Waals surface area contributed by atoms with Gasteiger partial charge in [0.25, 0.3) is 11.8 Å². The van der Waals surface area contributed by atoms with Crippen molar-refractivity contribution < 1.29 is 131 Å². The third kappa shape index (κ3) is 39.2. The number of Topliss-reactive ketones (excluding diaryl/α,β-unsaturated/α-hetero) is 1. The number of allylic oxidation sites excluding steroid dienone is 1. The number of hydrogen-bond donors (Lipinski definition) is 25. The number of carboxylic acid groups (broad SMARTS) is 2. The Balaban J connectivity index is 0.000000605. The number of rotatable bonds is 47. The van der Waals surface area contributed by atoms with Crippen molar-refractivity contribution in [1.82, 2.24) is 78.8 Å². The van der Waals surface area contributed by atoms with E-state index in [-0.39, 0.29) is 120 Å². The standard InChI is InChI=1S/C28H38N10O5S.C27H37N11O5S.2C9H18O6S.Au.2H3N/c1-44-13-12-43-11-10-32-19(14-29)6-7-21(39)8-9-22(27(41)42)36-26(40)17-2-4-18(5-3-17)33-15-20-16-34-25-23(35-20)24(30)37-28(31)38-25;1-44-11-10-43-9-8-31-18(12-28)13-33-21(39)7-6-20(26(41)42)36-25(40)16-2-4-17(5-3-16)32-14-19-15-34-24-22(35-19)23(29)37-27(30)38-24;2*1-16-3-2-14-9-8(13)7(12)6(11)5(4-10)15-9;;;/h2-5,14,16,22,32-33H,6-13,15,29H2,1H3,(H,36,40)(H,41,42)(H4,30,31,34,37,38);2-5,12,15,20,31-32H,6-11,13-14,28H2,1H3,(H,33,39)(H,36,40)(H,41,42)(H4,29,30,34,37,38);2*5-13H,2-4H2,1H3;;2*1H3/b19-14-;18-12-;;;;;. The van der Waals surface area contributed by atoms with Crippen LogP contribution in [0.4, 0.5) is 34.9 Å². The molecule has 691 valence electrons. The van der Waals surface area contributed by atoms with Gasteiger partial charge in [-0.1, -0.05) is 0 Å². The molecule has 1 radical (unpaired) electrons. The van der Waals surface area contributed by atoms with E-state index in [0.717, 1.165) is 23.0 Å². The van der Waals surface area contributed by atoms with E-state index >= 15 is 0 Å². The van der Waals surface area contributed by atoms with Gasteiger partial charge in [0.2, 0.25) is 17.8 Å². The Morgan fingerprint density at radius 3 is 1.27 bits per heavy atom. The normalized spacial score (nSPS) is 19.0. The Kier molecular flexibility index (Phi) is 54.5. The van der Waals surface area contributed by atoms with Crippen molar-refractivity contribution in [3.05, 3.63) is 107 Å². The number of thioether (sulfide) groups is 4. The molecule has 50 heteroatoms. The second-order valence-electron chi connectivity index (χ2n) is 26.1. The molecule has 8 rings (SSSR count). The van der Waals surface area contributed by atoms with E-state index in [1.54, 1.807) is 95.6 Å². The van der Waals surface area contributed by atoms with Crippen LogP contribution < -0.4 is 83.9 Å². The number of nitrogens with one attached hydrogen (secondary N) is 7. The van der Waals surface area contributed by atoms with E-state index in [1.165, 1.54) is 24.8 Å². The Morgan fingerprint density at radius 2 is 0.886 bits per heavy atom. The van der Waals surface area contributed by atoms with Crippen molar-refractivity contribution in [2.75, 3.05) is 154 Å². The Bertz CT molecular complexity index is 3940. The third-order valence-corrected chi connectivity index (χ3v) is 19.6. The summed E-state index contributed by atoms with van der Waals surface area (Å²) in [6.07, 6.45) is 2.17. The summed E-state index contributed by atoms with van der Waals surface area (Å²) < 4.78 is 31.6. The predicted octanol–water partition coefficient (Wildman–Crippen LogP) is -2.02. The number of hydrogen-bond acceptors (Lipinski definition) is 44. The Hall–Kier alpha value is -8.72. The maximum Gasteiger partial charge on any atom is 0.326 e. The number of carboxylic acids is 2. The van der Waals surface area contributed by atoms with Crippen molar-refractivity contribution in [2.24, 2.45) is 11.5 Å². The summed E-state index contributed by atoms with van der Waals surface area (Å²) >= 11 is 6.55. The summed E-state index contributed by atoms with van der Waals surface area (Å²) in [4.78, 5) is 107. The topological polar surface area (TPSA) is 774 Å². The van der Waals surface area contributed by atoms with E-state index in [4.69, 9.17) is 73.0 Å². The van der Waals surface area contributed by atoms with Crippen LogP contribution in [0.1, 0.15) is 70.6 Å². The van der Waals surface area contributed by atoms with Crippen LogP contribution in [0.5, 0.6) is 0 Å². The van der Waals surface area contributed by atoms with E-state index < -0.39 is 110 Å². The van der Waals surface area contributed by atoms with Crippen LogP contribution in [0, 0.1) is 0 Å². The fourth-order valence-electron chi connectivity index (χ4n) is 10.6. The molecule has 2 fully saturated rings. The molecule has 2 aromatic carbocycles. The number of ketones is 1. The first-order chi connectivity index (χ1) is 57.6. The molecule has 0 saturated carbocycles. The van der Waals surface area contributed by atoms with Gasteiger partial charge in [-0.2, -0.15) is 67.0 Å². The van der Waals surface area contributed by atoms with Gasteiger partial charge < -0.3 is 163 Å². The van der Waals surface area contributed by atoms with Crippen molar-refractivity contribution >= 4 is 140 Å². The van der Waals surface area contributed by atoms with Gasteiger partial charge in [-0.25, -0.2) is 29.5 Å². The quantitative estimate of drug-likeness (QED) is 0.0145. The SMILES string of the molecule is CSCCOC1OC(CO)C(O)C(O)C1O.CSCCOC1OC(CO)C(O)C(O)C1O.CSCCOCCN/C(=C\N)CCC(=O)CCC(NC(=O)c1ccc(NCc2cnc3nc(N)nc(N)c3n2)cc1)C(=O)O.CSCCOCCN/C(=C\N)CNC(=O)CCC(NC(=O)c1ccc(NCc2cnc3nc(N)nc(N)c3n2)cc1)C(=O)O.N.N.[Au]. The molecule has 0 spiro atoms. The number of aromatic nitrogens is 8. The fraction of sp³-hybridized carbons (Fsp3) is 0.534. The first-order valence-corrected chi connectivity index (χ1v) is 43.1. The molecule has 2 saturated heterocycles. The maximum absolute atomic E-state index is 12.7. The largest absolute Gasteiger partial charge is 0.480 e. The van der Waals surface area contributed by atoms with Crippen LogP contribution >= 0.6 is 47.0 Å². The number of aliphatic hydroxyl groups is 8. The number of carbonyl (C=O) groups excluding carboxylic acids is 4. The fourth-order valence-corrected chi connectivity index (χ4v) is 11.7. The molecule has 6 aromatic rings. The number of aliphatic carboxylic acids is 2. The van der Waals surface area contributed by atoms with Crippen LogP contribution in [0.15, 0.2) is 84.7 Å². The number of nitrogens with two attached hydrogens (primary N) is 6. The molecule has 123 heavy (non-hydrogen) atoms. The van der Waals surface area contributed by atoms with Crippen molar-refractivity contribution in [1.29, 1.82) is 0 Å². The first-order valence-electron chi connectivity index (χ1n) is 37.5. The van der Waals surface area contributed by atoms with Crippen LogP contribution in [0.2, 0.25) is 0 Å². The number of carbonyl (C=O) groups is 6. The molecule has 4 aromatic heterocycles. The van der Waals surface area contributed by atoms with E-state index in [0.29, 0.717) is 129 Å². The Labute approximate surface area is 742 Å². The number of fused-ring (bicyclic) bond motifs is 2. The van der Waals surface area contributed by atoms with Gasteiger partial charge >= 0.3 is 11.9 Å². The number of nitrogen functional groups attached to an aromatic ring is 4. The maximum atomic E-state index is 12.7. The second kappa shape index (κ2) is 60.8. The molecule has 0 aliphatic carbocycles. The molecular weight excluding hydrogens is 1880 g/mol. The second-order valence-corrected chi connectivity index (χ2v) is 30.0. The number of benzene rings is 2. The molecular formula is C73H117AuN23O22S4. The van der Waals surface area contributed by atoms with E-state index in [1.807, 2.05) is 25.0 Å². The minimum absolute atomic E-state index is 0. The van der Waals surface area contributed by atoms with Gasteiger partial charge in [0, 0.05) is 124 Å². The van der Waals surface area contributed by atoms with Gasteiger partial charge in [0.05, 0.1) is 96.3 Å². The molecule has 2 aliphatic heterocycles. The van der Waals surface area contributed by atoms with Crippen LogP contribution in [0.3, 0.4) is 0 Å². The Morgan fingerprint density at radius 1 is 0.496 bits per heavy atom. The van der Waals surface area contributed by atoms with Gasteiger partial charge in [-0.15, -0.1) is 0 Å². The molecule has 0 bridgehead atoms. The van der Waals surface area contributed by atoms with Gasteiger partial charge in [0.1, 0.15) is 66.7 Å². The minimum atomic E-state index is -1.37. The number of amides is 3. The van der Waals surface area contributed by atoms with Crippen LogP contribution in [-0.2, 0) is 83.1 Å². The summed E-state index contributed by atoms with van der Waals surface area (Å²) in [6.45, 7) is 4.03. The predicted molar refractivity (Wildman–Crippen MR) is 464 cm³/mol. The van der Waals surface area contributed by atoms with Crippen LogP contribution in [-0.4, -0.2) is 320 Å². The van der Waals surface area contributed by atoms with Crippen LogP contribution in [0.25, 0.3) is 22.3 Å². The molecule has 35 N–H and O–H groups in total. The number of ether oxygens (including phenoxy) is 6. The summed E-state index contributed by atoms with van der Waals surface area (Å²) in [6, 6.07) is 10.4. The minimum Gasteiger partial charge on any atom is -0.480 e. The average Bonchev–Trinajstić information content (AvgIpc) is 0.808. The number of nitrogens with zero attached hydrogens (tertiary/aromatic N) is 8. The van der Waals surface area contributed by atoms with Crippen molar-refractivity contribution in [3.8, 4) is 0 Å². The summed E-state index contributed by atoms with van der Waals surface area (Å²) in [5.41, 5.74) is 39.8. The first kappa shape index (κ1) is 110. The molecule has 12 unspecified atom stereocenters. The summed E-state index contributed by atoms with van der Waals surface area (Å²) in [7, 11) is 0. The zero-order chi connectivity index (χ0) is 88.1.